The molecular formula is C14H22N4O3. The van der Waals surface area contributed by atoms with Crippen LogP contribution in [0.25, 0.3) is 0 Å². The van der Waals surface area contributed by atoms with Crippen LogP contribution in [0.5, 0.6) is 0 Å². The number of amides is 2. The van der Waals surface area contributed by atoms with Gasteiger partial charge in [0.1, 0.15) is 12.0 Å². The van der Waals surface area contributed by atoms with Gasteiger partial charge in [0.15, 0.2) is 0 Å². The number of nitrogens with zero attached hydrogens (tertiary/aromatic N) is 3. The van der Waals surface area contributed by atoms with E-state index in [9.17, 15) is 9.59 Å². The normalized spacial score (nSPS) is 18.4. The molecule has 1 saturated heterocycles. The molecule has 7 nitrogen and oxygen atoms in total. The molecule has 1 atom stereocenters. The maximum atomic E-state index is 12.3. The van der Waals surface area contributed by atoms with E-state index in [2.05, 4.69) is 10.1 Å². The number of carbonyl (C=O) groups is 2. The monoisotopic (exact) mass is 294 g/mol. The summed E-state index contributed by atoms with van der Waals surface area (Å²) in [6.07, 6.45) is 2.95. The zero-order valence-electron chi connectivity index (χ0n) is 12.5. The van der Waals surface area contributed by atoms with Crippen molar-refractivity contribution in [2.24, 2.45) is 11.7 Å². The molecular weight excluding hydrogens is 272 g/mol. The first kappa shape index (κ1) is 15.5. The van der Waals surface area contributed by atoms with Crippen molar-refractivity contribution in [2.45, 2.75) is 25.8 Å². The second kappa shape index (κ2) is 6.71. The average molecular weight is 294 g/mol. The Labute approximate surface area is 124 Å². The summed E-state index contributed by atoms with van der Waals surface area (Å²) in [6.45, 7) is 3.72. The van der Waals surface area contributed by atoms with Gasteiger partial charge in [0.2, 0.25) is 11.8 Å². The van der Waals surface area contributed by atoms with E-state index in [0.29, 0.717) is 6.54 Å². The fourth-order valence-electron chi connectivity index (χ4n) is 2.53. The maximum absolute atomic E-state index is 12.3. The van der Waals surface area contributed by atoms with Gasteiger partial charge in [-0.1, -0.05) is 5.16 Å². The number of likely N-dealkylation sites (tertiary alicyclic amines) is 1. The number of hydrogen-bond acceptors (Lipinski definition) is 5. The van der Waals surface area contributed by atoms with Crippen molar-refractivity contribution in [3.63, 3.8) is 0 Å². The number of carbonyl (C=O) groups excluding carboxylic acids is 2. The van der Waals surface area contributed by atoms with E-state index in [1.165, 1.54) is 6.26 Å². The van der Waals surface area contributed by atoms with Crippen molar-refractivity contribution in [1.29, 1.82) is 0 Å². The van der Waals surface area contributed by atoms with Gasteiger partial charge in [0, 0.05) is 19.0 Å². The number of aromatic nitrogens is 1. The van der Waals surface area contributed by atoms with Gasteiger partial charge >= 0.3 is 0 Å². The first-order valence-corrected chi connectivity index (χ1v) is 7.16. The minimum absolute atomic E-state index is 0.0306. The zero-order chi connectivity index (χ0) is 15.4. The number of likely N-dealkylation sites (N-methyl/N-ethyl adjacent to an activating group) is 1. The molecule has 0 aromatic carbocycles. The second-order valence-electron chi connectivity index (χ2n) is 5.56. The van der Waals surface area contributed by atoms with Crippen molar-refractivity contribution in [3.05, 3.63) is 18.0 Å². The topological polar surface area (TPSA) is 92.7 Å². The van der Waals surface area contributed by atoms with Crippen molar-refractivity contribution < 1.29 is 14.1 Å². The van der Waals surface area contributed by atoms with Crippen molar-refractivity contribution >= 4 is 11.8 Å². The third kappa shape index (κ3) is 3.81. The SMILES string of the molecule is CC(c1ccon1)N(C)C(=O)CN1CCC(C(N)=O)CC1. The molecule has 2 amide bonds. The van der Waals surface area contributed by atoms with Gasteiger partial charge in [-0.05, 0) is 32.9 Å². The standard InChI is InChI=1S/C14H22N4O3/c1-10(12-5-8-21-16-12)17(2)13(19)9-18-6-3-11(4-7-18)14(15)20/h5,8,10-11H,3-4,6-7,9H2,1-2H3,(H2,15,20). The van der Waals surface area contributed by atoms with Crippen LogP contribution in [0.2, 0.25) is 0 Å². The summed E-state index contributed by atoms with van der Waals surface area (Å²) in [5.74, 6) is -0.260. The van der Waals surface area contributed by atoms with Crippen LogP contribution in [-0.4, -0.2) is 53.5 Å². The van der Waals surface area contributed by atoms with Gasteiger partial charge in [-0.25, -0.2) is 0 Å². The molecule has 7 heteroatoms. The van der Waals surface area contributed by atoms with E-state index in [-0.39, 0.29) is 23.8 Å². The summed E-state index contributed by atoms with van der Waals surface area (Å²) in [5, 5.41) is 3.86. The van der Waals surface area contributed by atoms with Crippen LogP contribution in [0, 0.1) is 5.92 Å². The van der Waals surface area contributed by atoms with E-state index in [0.717, 1.165) is 31.6 Å². The lowest BCUT2D eigenvalue weighted by atomic mass is 9.96. The molecule has 0 aliphatic carbocycles. The molecule has 0 saturated carbocycles. The number of rotatable bonds is 5. The molecule has 2 rings (SSSR count). The molecule has 21 heavy (non-hydrogen) atoms. The minimum Gasteiger partial charge on any atom is -0.369 e. The fourth-order valence-corrected chi connectivity index (χ4v) is 2.53. The summed E-state index contributed by atoms with van der Waals surface area (Å²) < 4.78 is 4.81. The molecule has 1 aromatic heterocycles. The van der Waals surface area contributed by atoms with Crippen LogP contribution in [0.1, 0.15) is 31.5 Å². The number of nitrogens with two attached hydrogens (primary N) is 1. The van der Waals surface area contributed by atoms with Crippen LogP contribution >= 0.6 is 0 Å². The lowest BCUT2D eigenvalue weighted by molar-refractivity contribution is -0.133. The molecule has 0 spiro atoms. The molecule has 1 aliphatic rings. The molecule has 0 radical (unpaired) electrons. The van der Waals surface area contributed by atoms with E-state index in [1.807, 2.05) is 6.92 Å². The highest BCUT2D eigenvalue weighted by atomic mass is 16.5. The van der Waals surface area contributed by atoms with Gasteiger partial charge in [0.05, 0.1) is 12.6 Å². The minimum atomic E-state index is -0.238. The molecule has 1 aliphatic heterocycles. The maximum Gasteiger partial charge on any atom is 0.237 e. The van der Waals surface area contributed by atoms with E-state index < -0.39 is 0 Å². The summed E-state index contributed by atoms with van der Waals surface area (Å²) in [7, 11) is 1.76. The highest BCUT2D eigenvalue weighted by Gasteiger charge is 2.26. The van der Waals surface area contributed by atoms with Crippen molar-refractivity contribution in [3.8, 4) is 0 Å². The van der Waals surface area contributed by atoms with E-state index in [1.54, 1.807) is 18.0 Å². The van der Waals surface area contributed by atoms with E-state index >= 15 is 0 Å². The van der Waals surface area contributed by atoms with Crippen LogP contribution < -0.4 is 5.73 Å². The van der Waals surface area contributed by atoms with Crippen LogP contribution in [0.3, 0.4) is 0 Å². The zero-order valence-corrected chi connectivity index (χ0v) is 12.5. The summed E-state index contributed by atoms with van der Waals surface area (Å²) in [6, 6.07) is 1.63. The fraction of sp³-hybridized carbons (Fsp3) is 0.643. The Balaban J connectivity index is 1.83. The van der Waals surface area contributed by atoms with Crippen LogP contribution in [0.15, 0.2) is 16.9 Å². The van der Waals surface area contributed by atoms with Gasteiger partial charge in [-0.15, -0.1) is 0 Å². The molecule has 116 valence electrons. The van der Waals surface area contributed by atoms with Crippen LogP contribution in [0.4, 0.5) is 0 Å². The van der Waals surface area contributed by atoms with Gasteiger partial charge in [0.25, 0.3) is 0 Å². The Morgan fingerprint density at radius 3 is 2.71 bits per heavy atom. The van der Waals surface area contributed by atoms with Gasteiger partial charge in [-0.3, -0.25) is 14.5 Å². The predicted octanol–water partition coefficient (Wildman–Crippen LogP) is 0.391. The molecule has 2 heterocycles. The Kier molecular flexibility index (Phi) is 4.95. The highest BCUT2D eigenvalue weighted by Crippen LogP contribution is 2.19. The Hall–Kier alpha value is -1.89. The Bertz CT molecular complexity index is 480. The third-order valence-electron chi connectivity index (χ3n) is 4.21. The molecule has 1 unspecified atom stereocenters. The summed E-state index contributed by atoms with van der Waals surface area (Å²) in [5.41, 5.74) is 6.04. The summed E-state index contributed by atoms with van der Waals surface area (Å²) in [4.78, 5) is 27.2. The lowest BCUT2D eigenvalue weighted by Gasteiger charge is -2.32. The van der Waals surface area contributed by atoms with Gasteiger partial charge in [-0.2, -0.15) is 0 Å². The van der Waals surface area contributed by atoms with Crippen molar-refractivity contribution in [1.82, 2.24) is 15.0 Å². The summed E-state index contributed by atoms with van der Waals surface area (Å²) >= 11 is 0. The molecule has 2 N–H and O–H groups in total. The molecule has 0 bridgehead atoms. The molecule has 1 fully saturated rings. The Morgan fingerprint density at radius 1 is 1.52 bits per heavy atom. The van der Waals surface area contributed by atoms with Crippen LogP contribution in [-0.2, 0) is 9.59 Å². The number of primary amides is 1. The van der Waals surface area contributed by atoms with Gasteiger partial charge < -0.3 is 15.2 Å². The Morgan fingerprint density at radius 2 is 2.19 bits per heavy atom. The lowest BCUT2D eigenvalue weighted by Crippen LogP contribution is -2.44. The second-order valence-corrected chi connectivity index (χ2v) is 5.56. The third-order valence-corrected chi connectivity index (χ3v) is 4.21. The van der Waals surface area contributed by atoms with Crippen molar-refractivity contribution in [2.75, 3.05) is 26.7 Å². The smallest absolute Gasteiger partial charge is 0.237 e. The number of hydrogen-bond donors (Lipinski definition) is 1. The number of piperidine rings is 1. The quantitative estimate of drug-likeness (QED) is 0.848. The highest BCUT2D eigenvalue weighted by molar-refractivity contribution is 5.79. The van der Waals surface area contributed by atoms with E-state index in [4.69, 9.17) is 10.3 Å². The molecule has 1 aromatic rings. The first-order valence-electron chi connectivity index (χ1n) is 7.16. The first-order chi connectivity index (χ1) is 9.99. The predicted molar refractivity (Wildman–Crippen MR) is 76.0 cm³/mol. The largest absolute Gasteiger partial charge is 0.369 e. The average Bonchev–Trinajstić information content (AvgIpc) is 3.00.